The minimum absolute atomic E-state index is 0.0897. The topological polar surface area (TPSA) is 38.3 Å². The summed E-state index contributed by atoms with van der Waals surface area (Å²) < 4.78 is 5.08. The Bertz CT molecular complexity index is 412. The molecule has 1 aromatic rings. The number of unbranched alkanes of at least 4 members (excludes halogenated alkanes) is 6. The lowest BCUT2D eigenvalue weighted by molar-refractivity contribution is -0.116. The highest BCUT2D eigenvalue weighted by Crippen LogP contribution is 2.15. The van der Waals surface area contributed by atoms with Gasteiger partial charge in [0.15, 0.2) is 0 Å². The van der Waals surface area contributed by atoms with Crippen LogP contribution < -0.4 is 10.1 Å². The highest BCUT2D eigenvalue weighted by atomic mass is 16.5. The van der Waals surface area contributed by atoms with Crippen molar-refractivity contribution in [2.75, 3.05) is 12.4 Å². The third kappa shape index (κ3) is 8.18. The molecule has 0 spiro atoms. The van der Waals surface area contributed by atoms with Crippen molar-refractivity contribution in [3.63, 3.8) is 0 Å². The van der Waals surface area contributed by atoms with Gasteiger partial charge < -0.3 is 10.1 Å². The van der Waals surface area contributed by atoms with E-state index in [0.717, 1.165) is 30.7 Å². The van der Waals surface area contributed by atoms with Crippen molar-refractivity contribution in [3.8, 4) is 5.75 Å². The molecule has 0 aliphatic carbocycles. The summed E-state index contributed by atoms with van der Waals surface area (Å²) in [5.74, 6) is 0.885. The number of rotatable bonds is 11. The predicted molar refractivity (Wildman–Crippen MR) is 88.8 cm³/mol. The molecular weight excluding hydrogens is 262 g/mol. The van der Waals surface area contributed by atoms with Crippen LogP contribution in [0, 0.1) is 0 Å². The summed E-state index contributed by atoms with van der Waals surface area (Å²) in [7, 11) is 1.63. The lowest BCUT2D eigenvalue weighted by Crippen LogP contribution is -2.10. The second-order valence-electron chi connectivity index (χ2n) is 5.23. The van der Waals surface area contributed by atoms with Crippen LogP contribution in [-0.4, -0.2) is 13.0 Å². The van der Waals surface area contributed by atoms with Gasteiger partial charge in [-0.25, -0.2) is 0 Å². The van der Waals surface area contributed by atoms with E-state index in [9.17, 15) is 4.79 Å². The number of allylic oxidation sites excluding steroid dienone is 1. The highest BCUT2D eigenvalue weighted by Gasteiger charge is 2.02. The number of hydrogen-bond acceptors (Lipinski definition) is 2. The molecule has 3 nitrogen and oxygen atoms in total. The Hall–Kier alpha value is -1.77. The van der Waals surface area contributed by atoms with Gasteiger partial charge in [-0.1, -0.05) is 31.8 Å². The van der Waals surface area contributed by atoms with Crippen LogP contribution in [0.4, 0.5) is 5.69 Å². The van der Waals surface area contributed by atoms with Crippen LogP contribution in [-0.2, 0) is 4.79 Å². The van der Waals surface area contributed by atoms with Crippen LogP contribution in [0.3, 0.4) is 0 Å². The highest BCUT2D eigenvalue weighted by molar-refractivity contribution is 5.90. The standard InChI is InChI=1S/C18H27NO2/c1-3-4-5-6-7-8-9-10-11-18(20)19-16-12-14-17(21-2)15-13-16/h3,12-15H,1,4-11H2,2H3,(H,19,20). The fraction of sp³-hybridized carbons (Fsp3) is 0.500. The summed E-state index contributed by atoms with van der Waals surface area (Å²) in [5.41, 5.74) is 0.824. The van der Waals surface area contributed by atoms with Crippen LogP contribution in [0.5, 0.6) is 5.75 Å². The van der Waals surface area contributed by atoms with E-state index in [2.05, 4.69) is 11.9 Å². The van der Waals surface area contributed by atoms with Crippen LogP contribution >= 0.6 is 0 Å². The summed E-state index contributed by atoms with van der Waals surface area (Å²) in [6.45, 7) is 3.72. The molecule has 3 heteroatoms. The van der Waals surface area contributed by atoms with Gasteiger partial charge in [-0.2, -0.15) is 0 Å². The third-order valence-electron chi connectivity index (χ3n) is 3.44. The number of amides is 1. The average Bonchev–Trinajstić information content (AvgIpc) is 2.50. The van der Waals surface area contributed by atoms with Gasteiger partial charge in [0.1, 0.15) is 5.75 Å². The molecule has 1 N–H and O–H groups in total. The maximum Gasteiger partial charge on any atom is 0.224 e. The number of methoxy groups -OCH3 is 1. The summed E-state index contributed by atoms with van der Waals surface area (Å²) in [4.78, 5) is 11.8. The van der Waals surface area contributed by atoms with Crippen molar-refractivity contribution in [1.82, 2.24) is 0 Å². The lowest BCUT2D eigenvalue weighted by atomic mass is 10.1. The Morgan fingerprint density at radius 1 is 1.10 bits per heavy atom. The molecule has 0 saturated carbocycles. The van der Waals surface area contributed by atoms with Crippen molar-refractivity contribution in [2.24, 2.45) is 0 Å². The molecule has 0 aliphatic heterocycles. The molecule has 0 saturated heterocycles. The summed E-state index contributed by atoms with van der Waals surface area (Å²) in [5, 5.41) is 2.91. The zero-order valence-corrected chi connectivity index (χ0v) is 13.1. The summed E-state index contributed by atoms with van der Waals surface area (Å²) in [6.07, 6.45) is 10.8. The Morgan fingerprint density at radius 3 is 2.33 bits per heavy atom. The Balaban J connectivity index is 2.06. The fourth-order valence-electron chi connectivity index (χ4n) is 2.18. The maximum absolute atomic E-state index is 11.8. The fourth-order valence-corrected chi connectivity index (χ4v) is 2.18. The molecule has 0 aromatic heterocycles. The first kappa shape index (κ1) is 17.3. The van der Waals surface area contributed by atoms with E-state index in [-0.39, 0.29) is 5.91 Å². The van der Waals surface area contributed by atoms with Gasteiger partial charge in [-0.3, -0.25) is 4.79 Å². The number of ether oxygens (including phenoxy) is 1. The van der Waals surface area contributed by atoms with Gasteiger partial charge in [-0.05, 0) is 43.5 Å². The molecule has 0 bridgehead atoms. The van der Waals surface area contributed by atoms with Gasteiger partial charge in [-0.15, -0.1) is 6.58 Å². The number of carbonyl (C=O) groups excluding carboxylic acids is 1. The molecule has 116 valence electrons. The van der Waals surface area contributed by atoms with Crippen molar-refractivity contribution >= 4 is 11.6 Å². The molecule has 0 atom stereocenters. The van der Waals surface area contributed by atoms with Crippen LogP contribution in [0.2, 0.25) is 0 Å². The van der Waals surface area contributed by atoms with Crippen LogP contribution in [0.25, 0.3) is 0 Å². The van der Waals surface area contributed by atoms with Crippen LogP contribution in [0.15, 0.2) is 36.9 Å². The molecule has 1 aromatic carbocycles. The van der Waals surface area contributed by atoms with E-state index >= 15 is 0 Å². The van der Waals surface area contributed by atoms with Gasteiger partial charge >= 0.3 is 0 Å². The first-order valence-electron chi connectivity index (χ1n) is 7.81. The molecule has 1 amide bonds. The van der Waals surface area contributed by atoms with Crippen molar-refractivity contribution in [1.29, 1.82) is 0 Å². The Labute approximate surface area is 128 Å². The van der Waals surface area contributed by atoms with Crippen molar-refractivity contribution in [2.45, 2.75) is 51.4 Å². The normalized spacial score (nSPS) is 10.1. The monoisotopic (exact) mass is 289 g/mol. The number of nitrogens with one attached hydrogen (secondary N) is 1. The molecule has 0 unspecified atom stereocenters. The van der Waals surface area contributed by atoms with Gasteiger partial charge in [0.05, 0.1) is 7.11 Å². The smallest absolute Gasteiger partial charge is 0.224 e. The first-order valence-corrected chi connectivity index (χ1v) is 7.81. The molecule has 0 heterocycles. The first-order chi connectivity index (χ1) is 10.3. The van der Waals surface area contributed by atoms with Crippen molar-refractivity contribution in [3.05, 3.63) is 36.9 Å². The van der Waals surface area contributed by atoms with E-state index in [1.165, 1.54) is 25.7 Å². The molecule has 1 rings (SSSR count). The second kappa shape index (κ2) is 11.0. The Kier molecular flexibility index (Phi) is 9.01. The lowest BCUT2D eigenvalue weighted by Gasteiger charge is -2.06. The molecule has 0 radical (unpaired) electrons. The second-order valence-corrected chi connectivity index (χ2v) is 5.23. The number of carbonyl (C=O) groups is 1. The number of anilines is 1. The zero-order chi connectivity index (χ0) is 15.3. The maximum atomic E-state index is 11.8. The SMILES string of the molecule is C=CCCCCCCCCC(=O)Nc1ccc(OC)cc1. The molecule has 0 fully saturated rings. The largest absolute Gasteiger partial charge is 0.497 e. The summed E-state index contributed by atoms with van der Waals surface area (Å²) >= 11 is 0. The van der Waals surface area contributed by atoms with Gasteiger partial charge in [0, 0.05) is 12.1 Å². The predicted octanol–water partition coefficient (Wildman–Crippen LogP) is 4.94. The summed E-state index contributed by atoms with van der Waals surface area (Å²) in [6, 6.07) is 7.41. The van der Waals surface area contributed by atoms with E-state index in [1.54, 1.807) is 7.11 Å². The number of hydrogen-bond donors (Lipinski definition) is 1. The quantitative estimate of drug-likeness (QED) is 0.463. The van der Waals surface area contributed by atoms with Crippen LogP contribution in [0.1, 0.15) is 51.4 Å². The molecule has 0 aliphatic rings. The average molecular weight is 289 g/mol. The minimum atomic E-state index is 0.0897. The van der Waals surface area contributed by atoms with Gasteiger partial charge in [0.2, 0.25) is 5.91 Å². The van der Waals surface area contributed by atoms with E-state index in [1.807, 2.05) is 30.3 Å². The molecular formula is C18H27NO2. The zero-order valence-electron chi connectivity index (χ0n) is 13.1. The van der Waals surface area contributed by atoms with E-state index in [4.69, 9.17) is 4.74 Å². The minimum Gasteiger partial charge on any atom is -0.497 e. The molecule has 21 heavy (non-hydrogen) atoms. The Morgan fingerprint density at radius 2 is 1.71 bits per heavy atom. The third-order valence-corrected chi connectivity index (χ3v) is 3.44. The van der Waals surface area contributed by atoms with Gasteiger partial charge in [0.25, 0.3) is 0 Å². The van der Waals surface area contributed by atoms with E-state index < -0.39 is 0 Å². The van der Waals surface area contributed by atoms with E-state index in [0.29, 0.717) is 6.42 Å². The number of benzene rings is 1. The van der Waals surface area contributed by atoms with Crippen molar-refractivity contribution < 1.29 is 9.53 Å².